The maximum Gasteiger partial charge on any atom is 0.190 e. The zero-order valence-electron chi connectivity index (χ0n) is 12.9. The molecule has 0 aliphatic carbocycles. The topological polar surface area (TPSA) is 66.5 Å². The minimum absolute atomic E-state index is 0.369. The maximum absolute atomic E-state index is 9.42. The fraction of sp³-hybridized carbons (Fsp3) is 0.786. The number of nitriles is 1. The van der Waals surface area contributed by atoms with Gasteiger partial charge >= 0.3 is 0 Å². The number of nitrogens with zero attached hydrogens (tertiary/aromatic N) is 4. The lowest BCUT2D eigenvalue weighted by atomic mass is 9.92. The smallest absolute Gasteiger partial charge is 0.190 e. The van der Waals surface area contributed by atoms with Crippen LogP contribution in [0.3, 0.4) is 0 Å². The van der Waals surface area contributed by atoms with Crippen molar-refractivity contribution in [3.8, 4) is 6.07 Å². The number of hydrogen-bond donors (Lipinski definition) is 1. The first-order chi connectivity index (χ1) is 9.58. The predicted octanol–water partition coefficient (Wildman–Crippen LogP) is 2.67. The largest absolute Gasteiger partial charge is 0.309 e. The van der Waals surface area contributed by atoms with E-state index < -0.39 is 0 Å². The Bertz CT molecular complexity index is 451. The summed E-state index contributed by atoms with van der Waals surface area (Å²) in [5.74, 6) is 1.89. The summed E-state index contributed by atoms with van der Waals surface area (Å²) in [6.07, 6.45) is 3.77. The van der Waals surface area contributed by atoms with Gasteiger partial charge < -0.3 is 4.57 Å². The van der Waals surface area contributed by atoms with Gasteiger partial charge in [-0.3, -0.25) is 5.32 Å². The number of hydrogen-bond acceptors (Lipinski definition) is 5. The van der Waals surface area contributed by atoms with Crippen molar-refractivity contribution in [1.29, 1.82) is 5.26 Å². The Labute approximate surface area is 126 Å². The Morgan fingerprint density at radius 2 is 2.15 bits per heavy atom. The molecule has 0 spiro atoms. The molecule has 1 N–H and O–H groups in total. The zero-order valence-corrected chi connectivity index (χ0v) is 13.8. The Hall–Kier alpha value is -1.06. The summed E-state index contributed by atoms with van der Waals surface area (Å²) in [5, 5.41) is 21.9. The van der Waals surface area contributed by atoms with E-state index >= 15 is 0 Å². The minimum Gasteiger partial charge on any atom is -0.309 e. The van der Waals surface area contributed by atoms with Gasteiger partial charge in [-0.1, -0.05) is 25.6 Å². The van der Waals surface area contributed by atoms with Gasteiger partial charge in [0.2, 0.25) is 0 Å². The van der Waals surface area contributed by atoms with Crippen molar-refractivity contribution in [3.05, 3.63) is 5.82 Å². The van der Waals surface area contributed by atoms with E-state index in [1.165, 1.54) is 0 Å². The van der Waals surface area contributed by atoms with Crippen molar-refractivity contribution < 1.29 is 0 Å². The normalized spacial score (nSPS) is 13.9. The fourth-order valence-electron chi connectivity index (χ4n) is 1.98. The average Bonchev–Trinajstić information content (AvgIpc) is 2.79. The molecule has 112 valence electrons. The highest BCUT2D eigenvalue weighted by atomic mass is 32.2. The molecule has 6 heteroatoms. The Kier molecular flexibility index (Phi) is 7.03. The highest BCUT2D eigenvalue weighted by Gasteiger charge is 2.26. The van der Waals surface area contributed by atoms with E-state index in [4.69, 9.17) is 0 Å². The van der Waals surface area contributed by atoms with Gasteiger partial charge in [-0.05, 0) is 39.2 Å². The summed E-state index contributed by atoms with van der Waals surface area (Å²) in [4.78, 5) is 0. The van der Waals surface area contributed by atoms with Crippen LogP contribution >= 0.6 is 11.8 Å². The van der Waals surface area contributed by atoms with Gasteiger partial charge in [-0.2, -0.15) is 5.26 Å². The molecular weight excluding hydrogens is 270 g/mol. The molecule has 0 saturated carbocycles. The molecule has 1 aromatic heterocycles. The highest BCUT2D eigenvalue weighted by molar-refractivity contribution is 7.99. The Balaban J connectivity index is 2.41. The standard InChI is InChI=1S/C14H25N5S/c1-5-9-16-14(6-2,11-15)8-7-10-20-13-18-17-12(3)19(13)4/h16H,5-10H2,1-4H3. The van der Waals surface area contributed by atoms with Gasteiger partial charge in [0.15, 0.2) is 5.16 Å². The molecule has 0 radical (unpaired) electrons. The van der Waals surface area contributed by atoms with Gasteiger partial charge in [0, 0.05) is 12.8 Å². The van der Waals surface area contributed by atoms with Crippen LogP contribution in [-0.2, 0) is 7.05 Å². The molecule has 0 amide bonds. The van der Waals surface area contributed by atoms with E-state index in [-0.39, 0.29) is 5.54 Å². The monoisotopic (exact) mass is 295 g/mol. The number of aryl methyl sites for hydroxylation is 1. The first-order valence-electron chi connectivity index (χ1n) is 7.23. The van der Waals surface area contributed by atoms with Crippen molar-refractivity contribution in [3.63, 3.8) is 0 Å². The van der Waals surface area contributed by atoms with E-state index in [0.717, 1.165) is 49.0 Å². The third-order valence-corrected chi connectivity index (χ3v) is 4.67. The summed E-state index contributed by atoms with van der Waals surface area (Å²) < 4.78 is 2.00. The van der Waals surface area contributed by atoms with Crippen LogP contribution in [-0.4, -0.2) is 32.6 Å². The second-order valence-electron chi connectivity index (χ2n) is 5.02. The lowest BCUT2D eigenvalue weighted by Gasteiger charge is -2.26. The van der Waals surface area contributed by atoms with Crippen LogP contribution in [0.15, 0.2) is 5.16 Å². The van der Waals surface area contributed by atoms with Crippen LogP contribution in [0.2, 0.25) is 0 Å². The van der Waals surface area contributed by atoms with Crippen LogP contribution in [0.25, 0.3) is 0 Å². The third kappa shape index (κ3) is 4.50. The van der Waals surface area contributed by atoms with E-state index in [9.17, 15) is 5.26 Å². The molecule has 1 heterocycles. The number of nitrogens with one attached hydrogen (secondary N) is 1. The molecule has 0 aliphatic heterocycles. The van der Waals surface area contributed by atoms with E-state index in [0.29, 0.717) is 0 Å². The predicted molar refractivity (Wildman–Crippen MR) is 82.6 cm³/mol. The van der Waals surface area contributed by atoms with E-state index in [2.05, 4.69) is 35.4 Å². The van der Waals surface area contributed by atoms with Gasteiger partial charge in [-0.15, -0.1) is 10.2 Å². The van der Waals surface area contributed by atoms with Gasteiger partial charge in [-0.25, -0.2) is 0 Å². The quantitative estimate of drug-likeness (QED) is 0.560. The van der Waals surface area contributed by atoms with Crippen molar-refractivity contribution in [2.45, 2.75) is 57.1 Å². The van der Waals surface area contributed by atoms with Crippen molar-refractivity contribution in [2.75, 3.05) is 12.3 Å². The number of aromatic nitrogens is 3. The van der Waals surface area contributed by atoms with E-state index in [1.54, 1.807) is 11.8 Å². The molecule has 0 bridgehead atoms. The zero-order chi connectivity index (χ0) is 15.0. The molecule has 0 aliphatic rings. The Morgan fingerprint density at radius 1 is 1.40 bits per heavy atom. The highest BCUT2D eigenvalue weighted by Crippen LogP contribution is 2.21. The molecule has 0 fully saturated rings. The fourth-order valence-corrected chi connectivity index (χ4v) is 2.88. The van der Waals surface area contributed by atoms with Gasteiger partial charge in [0.25, 0.3) is 0 Å². The molecule has 0 saturated heterocycles. The van der Waals surface area contributed by atoms with Gasteiger partial charge in [0.05, 0.1) is 6.07 Å². The summed E-state index contributed by atoms with van der Waals surface area (Å²) in [5.41, 5.74) is -0.369. The summed E-state index contributed by atoms with van der Waals surface area (Å²) in [6.45, 7) is 7.04. The average molecular weight is 295 g/mol. The lowest BCUT2D eigenvalue weighted by Crippen LogP contribution is -2.43. The molecule has 1 rings (SSSR count). The molecule has 1 aromatic rings. The number of thioether (sulfide) groups is 1. The second-order valence-corrected chi connectivity index (χ2v) is 6.08. The molecular formula is C14H25N5S. The molecule has 0 aromatic carbocycles. The molecule has 1 unspecified atom stereocenters. The van der Waals surface area contributed by atoms with Crippen LogP contribution in [0.4, 0.5) is 0 Å². The molecule has 5 nitrogen and oxygen atoms in total. The number of rotatable bonds is 9. The SMILES string of the molecule is CCCNC(C#N)(CC)CCCSc1nnc(C)n1C. The van der Waals surface area contributed by atoms with Crippen LogP contribution in [0.1, 0.15) is 45.4 Å². The summed E-state index contributed by atoms with van der Waals surface area (Å²) in [6, 6.07) is 2.46. The van der Waals surface area contributed by atoms with Crippen molar-refractivity contribution in [1.82, 2.24) is 20.1 Å². The first-order valence-corrected chi connectivity index (χ1v) is 8.22. The van der Waals surface area contributed by atoms with Crippen LogP contribution < -0.4 is 5.32 Å². The van der Waals surface area contributed by atoms with Crippen molar-refractivity contribution in [2.24, 2.45) is 7.05 Å². The van der Waals surface area contributed by atoms with Crippen molar-refractivity contribution >= 4 is 11.8 Å². The molecule has 1 atom stereocenters. The maximum atomic E-state index is 9.42. The Morgan fingerprint density at radius 3 is 2.65 bits per heavy atom. The minimum atomic E-state index is -0.369. The van der Waals surface area contributed by atoms with Crippen LogP contribution in [0.5, 0.6) is 0 Å². The lowest BCUT2D eigenvalue weighted by molar-refractivity contribution is 0.371. The van der Waals surface area contributed by atoms with Crippen LogP contribution in [0, 0.1) is 18.3 Å². The second kappa shape index (κ2) is 8.28. The summed E-state index contributed by atoms with van der Waals surface area (Å²) in [7, 11) is 1.98. The summed E-state index contributed by atoms with van der Waals surface area (Å²) >= 11 is 1.71. The first kappa shape index (κ1) is 17.0. The van der Waals surface area contributed by atoms with E-state index in [1.807, 2.05) is 18.5 Å². The van der Waals surface area contributed by atoms with Gasteiger partial charge in [0.1, 0.15) is 11.4 Å². The third-order valence-electron chi connectivity index (χ3n) is 3.56. The molecule has 20 heavy (non-hydrogen) atoms.